The maximum absolute atomic E-state index is 13.7. The average molecular weight is 398 g/mol. The van der Waals surface area contributed by atoms with Gasteiger partial charge >= 0.3 is 0 Å². The zero-order valence-electron chi connectivity index (χ0n) is 15.4. The van der Waals surface area contributed by atoms with Gasteiger partial charge < -0.3 is 4.57 Å². The van der Waals surface area contributed by atoms with Crippen LogP contribution in [0.25, 0.3) is 10.9 Å². The molecule has 0 saturated heterocycles. The fourth-order valence-corrected chi connectivity index (χ4v) is 4.13. The maximum atomic E-state index is 13.7. The van der Waals surface area contributed by atoms with Gasteiger partial charge in [0.1, 0.15) is 5.82 Å². The molecule has 0 radical (unpaired) electrons. The van der Waals surface area contributed by atoms with Crippen LogP contribution in [0.15, 0.2) is 47.6 Å². The first-order valence-electron chi connectivity index (χ1n) is 9.50. The number of carbonyl (C=O) groups is 1. The number of hydrogen-bond acceptors (Lipinski definition) is 2. The van der Waals surface area contributed by atoms with Crippen LogP contribution in [0.2, 0.25) is 5.02 Å². The molecule has 6 heteroatoms. The molecule has 0 bridgehead atoms. The van der Waals surface area contributed by atoms with E-state index in [9.17, 15) is 9.18 Å². The van der Waals surface area contributed by atoms with Crippen LogP contribution >= 0.6 is 11.6 Å². The number of nitrogens with zero attached hydrogens (tertiary/aromatic N) is 2. The van der Waals surface area contributed by atoms with Crippen molar-refractivity contribution in [3.8, 4) is 0 Å². The van der Waals surface area contributed by atoms with Crippen molar-refractivity contribution in [1.82, 2.24) is 9.99 Å². The van der Waals surface area contributed by atoms with Gasteiger partial charge in [0.15, 0.2) is 0 Å². The zero-order valence-corrected chi connectivity index (χ0v) is 16.2. The lowest BCUT2D eigenvalue weighted by Crippen LogP contribution is -2.20. The lowest BCUT2D eigenvalue weighted by Gasteiger charge is -2.15. The van der Waals surface area contributed by atoms with Gasteiger partial charge in [0.25, 0.3) is 0 Å². The molecule has 1 aliphatic rings. The summed E-state index contributed by atoms with van der Waals surface area (Å²) < 4.78 is 16.0. The highest BCUT2D eigenvalue weighted by Crippen LogP contribution is 2.32. The highest BCUT2D eigenvalue weighted by Gasteiger charge is 2.19. The standard InChI is InChI=1S/C22H21ClFN3O/c23-18-8-5-9-19(24)17(18)14-25-26-22(28)12-13-27-20-10-3-1-6-15(20)16-7-2-4-11-21(16)27/h1,3,5-6,8-10,14H,2,4,7,11-13H2,(H,26,28)/b25-14-. The topological polar surface area (TPSA) is 46.4 Å². The number of hydrogen-bond donors (Lipinski definition) is 1. The van der Waals surface area contributed by atoms with Crippen LogP contribution in [0.4, 0.5) is 4.39 Å². The van der Waals surface area contributed by atoms with Gasteiger partial charge in [-0.25, -0.2) is 9.82 Å². The SMILES string of the molecule is O=C(CCn1c2c(c3ccccc31)CCCC2)N/N=C\c1c(F)cccc1Cl. The predicted octanol–water partition coefficient (Wildman–Crippen LogP) is 4.85. The van der Waals surface area contributed by atoms with Crippen LogP contribution in [0.3, 0.4) is 0 Å². The van der Waals surface area contributed by atoms with Crippen molar-refractivity contribution in [2.45, 2.75) is 38.6 Å². The van der Waals surface area contributed by atoms with Crippen molar-refractivity contribution in [3.63, 3.8) is 0 Å². The molecule has 2 aromatic carbocycles. The number of amides is 1. The number of aryl methyl sites for hydroxylation is 2. The molecule has 1 aliphatic carbocycles. The fraction of sp³-hybridized carbons (Fsp3) is 0.273. The first kappa shape index (κ1) is 18.7. The lowest BCUT2D eigenvalue weighted by molar-refractivity contribution is -0.121. The molecule has 1 amide bonds. The van der Waals surface area contributed by atoms with E-state index in [0.717, 1.165) is 12.8 Å². The second kappa shape index (κ2) is 8.15. The van der Waals surface area contributed by atoms with Gasteiger partial charge in [0, 0.05) is 35.1 Å². The van der Waals surface area contributed by atoms with E-state index in [2.05, 4.69) is 33.3 Å². The molecule has 144 valence electrons. The minimum absolute atomic E-state index is 0.162. The van der Waals surface area contributed by atoms with Crippen molar-refractivity contribution in [3.05, 3.63) is 70.1 Å². The summed E-state index contributed by atoms with van der Waals surface area (Å²) in [5.74, 6) is -0.693. The Morgan fingerprint density at radius 1 is 1.18 bits per heavy atom. The monoisotopic (exact) mass is 397 g/mol. The Hall–Kier alpha value is -2.66. The van der Waals surface area contributed by atoms with E-state index in [1.807, 2.05) is 6.07 Å². The summed E-state index contributed by atoms with van der Waals surface area (Å²) >= 11 is 5.95. The van der Waals surface area contributed by atoms with Crippen LogP contribution in [0.1, 0.15) is 36.1 Å². The Balaban J connectivity index is 1.45. The summed E-state index contributed by atoms with van der Waals surface area (Å²) in [6.45, 7) is 0.595. The lowest BCUT2D eigenvalue weighted by atomic mass is 9.95. The van der Waals surface area contributed by atoms with Gasteiger partial charge in [-0.2, -0.15) is 5.10 Å². The maximum Gasteiger partial charge on any atom is 0.241 e. The number of benzene rings is 2. The van der Waals surface area contributed by atoms with Crippen molar-refractivity contribution in [1.29, 1.82) is 0 Å². The molecule has 28 heavy (non-hydrogen) atoms. The third kappa shape index (κ3) is 3.67. The largest absolute Gasteiger partial charge is 0.344 e. The van der Waals surface area contributed by atoms with Crippen LogP contribution in [-0.2, 0) is 24.2 Å². The summed E-state index contributed by atoms with van der Waals surface area (Å²) in [4.78, 5) is 12.2. The highest BCUT2D eigenvalue weighted by molar-refractivity contribution is 6.33. The molecular formula is C22H21ClFN3O. The van der Waals surface area contributed by atoms with Gasteiger partial charge in [-0.1, -0.05) is 35.9 Å². The number of carbonyl (C=O) groups excluding carboxylic acids is 1. The summed E-state index contributed by atoms with van der Waals surface area (Å²) in [7, 11) is 0. The summed E-state index contributed by atoms with van der Waals surface area (Å²) in [5, 5.41) is 5.40. The second-order valence-corrected chi connectivity index (χ2v) is 7.39. The Bertz CT molecular complexity index is 1040. The third-order valence-electron chi connectivity index (χ3n) is 5.23. The molecule has 1 aromatic heterocycles. The number of rotatable bonds is 5. The number of para-hydroxylation sites is 1. The summed E-state index contributed by atoms with van der Waals surface area (Å²) in [5.41, 5.74) is 6.59. The number of nitrogens with one attached hydrogen (secondary N) is 1. The summed E-state index contributed by atoms with van der Waals surface area (Å²) in [6, 6.07) is 12.8. The Kier molecular flexibility index (Phi) is 5.44. The Morgan fingerprint density at radius 2 is 2.00 bits per heavy atom. The molecular weight excluding hydrogens is 377 g/mol. The molecule has 3 aromatic rings. The van der Waals surface area contributed by atoms with Crippen molar-refractivity contribution >= 4 is 34.6 Å². The van der Waals surface area contributed by atoms with Crippen LogP contribution in [-0.4, -0.2) is 16.7 Å². The number of hydrazone groups is 1. The average Bonchev–Trinajstić information content (AvgIpc) is 3.02. The van der Waals surface area contributed by atoms with E-state index in [1.165, 1.54) is 53.3 Å². The molecule has 0 aliphatic heterocycles. The number of aromatic nitrogens is 1. The Labute approximate surface area is 168 Å². The van der Waals surface area contributed by atoms with Crippen LogP contribution in [0.5, 0.6) is 0 Å². The van der Waals surface area contributed by atoms with Crippen molar-refractivity contribution < 1.29 is 9.18 Å². The van der Waals surface area contributed by atoms with E-state index >= 15 is 0 Å². The van der Waals surface area contributed by atoms with Gasteiger partial charge in [0.2, 0.25) is 5.91 Å². The van der Waals surface area contributed by atoms with Gasteiger partial charge in [-0.3, -0.25) is 4.79 Å². The minimum Gasteiger partial charge on any atom is -0.344 e. The van der Waals surface area contributed by atoms with Crippen molar-refractivity contribution in [2.75, 3.05) is 0 Å². The highest BCUT2D eigenvalue weighted by atomic mass is 35.5. The molecule has 0 atom stereocenters. The van der Waals surface area contributed by atoms with E-state index in [0.29, 0.717) is 13.0 Å². The normalized spacial score (nSPS) is 13.8. The molecule has 0 spiro atoms. The molecule has 1 heterocycles. The molecule has 1 N–H and O–H groups in total. The molecule has 0 unspecified atom stereocenters. The first-order valence-corrected chi connectivity index (χ1v) is 9.88. The summed E-state index contributed by atoms with van der Waals surface area (Å²) in [6.07, 6.45) is 6.09. The van der Waals surface area contributed by atoms with Gasteiger partial charge in [-0.05, 0) is 49.4 Å². The molecule has 0 fully saturated rings. The van der Waals surface area contributed by atoms with Crippen LogP contribution < -0.4 is 5.43 Å². The van der Waals surface area contributed by atoms with Gasteiger partial charge in [-0.15, -0.1) is 0 Å². The number of halogens is 2. The molecule has 0 saturated carbocycles. The van der Waals surface area contributed by atoms with Crippen molar-refractivity contribution in [2.24, 2.45) is 5.10 Å². The second-order valence-electron chi connectivity index (χ2n) is 6.98. The van der Waals surface area contributed by atoms with E-state index in [-0.39, 0.29) is 16.5 Å². The van der Waals surface area contributed by atoms with Gasteiger partial charge in [0.05, 0.1) is 11.2 Å². The smallest absolute Gasteiger partial charge is 0.241 e. The Morgan fingerprint density at radius 3 is 2.86 bits per heavy atom. The zero-order chi connectivity index (χ0) is 19.5. The quantitative estimate of drug-likeness (QED) is 0.485. The van der Waals surface area contributed by atoms with Crippen LogP contribution in [0, 0.1) is 5.82 Å². The van der Waals surface area contributed by atoms with E-state index < -0.39 is 5.82 Å². The first-order chi connectivity index (χ1) is 13.6. The molecule has 4 rings (SSSR count). The predicted molar refractivity (Wildman–Crippen MR) is 110 cm³/mol. The minimum atomic E-state index is -0.476. The third-order valence-corrected chi connectivity index (χ3v) is 5.56. The van der Waals surface area contributed by atoms with E-state index in [1.54, 1.807) is 6.07 Å². The fourth-order valence-electron chi connectivity index (χ4n) is 3.91. The molecule has 4 nitrogen and oxygen atoms in total. The number of fused-ring (bicyclic) bond motifs is 3. The van der Waals surface area contributed by atoms with E-state index in [4.69, 9.17) is 11.6 Å².